The van der Waals surface area contributed by atoms with Crippen molar-refractivity contribution in [3.63, 3.8) is 0 Å². The van der Waals surface area contributed by atoms with E-state index >= 15 is 0 Å². The van der Waals surface area contributed by atoms with Crippen LogP contribution >= 0.6 is 0 Å². The summed E-state index contributed by atoms with van der Waals surface area (Å²) in [6.45, 7) is 0.751. The molecule has 0 saturated heterocycles. The highest BCUT2D eigenvalue weighted by Crippen LogP contribution is 2.25. The molecule has 0 bridgehead atoms. The summed E-state index contributed by atoms with van der Waals surface area (Å²) in [6, 6.07) is 25.1. The van der Waals surface area contributed by atoms with E-state index in [9.17, 15) is 14.7 Å². The van der Waals surface area contributed by atoms with Crippen LogP contribution in [0.2, 0.25) is 0 Å². The molecule has 0 aromatic heterocycles. The number of guanidine groups is 1. The van der Waals surface area contributed by atoms with Gasteiger partial charge in [0.2, 0.25) is 11.8 Å². The molecule has 3 aromatic carbocycles. The maximum Gasteiger partial charge on any atom is 0.242 e. The van der Waals surface area contributed by atoms with Crippen LogP contribution in [0.4, 0.5) is 0 Å². The number of carbonyl (C=O) groups is 2. The van der Waals surface area contributed by atoms with Gasteiger partial charge >= 0.3 is 0 Å². The van der Waals surface area contributed by atoms with Crippen LogP contribution in [-0.2, 0) is 16.0 Å². The first kappa shape index (κ1) is 26.3. The number of amides is 2. The van der Waals surface area contributed by atoms with Crippen molar-refractivity contribution in [2.75, 3.05) is 13.1 Å². The van der Waals surface area contributed by atoms with Crippen molar-refractivity contribution in [2.24, 2.45) is 16.5 Å². The molecule has 0 radical (unpaired) electrons. The SMILES string of the molecule is NC(N)=NCCC[C@H](NC(=O)C(c1ccccc1)c1ccccc1)C(=O)NCCc1ccc(O)cc1. The highest BCUT2D eigenvalue weighted by molar-refractivity contribution is 5.92. The number of nitrogens with zero attached hydrogens (tertiary/aromatic N) is 1. The Labute approximate surface area is 211 Å². The summed E-state index contributed by atoms with van der Waals surface area (Å²) in [7, 11) is 0. The molecule has 3 rings (SSSR count). The lowest BCUT2D eigenvalue weighted by atomic mass is 9.90. The standard InChI is InChI=1S/C28H33N5O3/c29-28(30)32-18-7-12-24(26(35)31-19-17-20-13-15-23(34)16-14-20)33-27(36)25(21-8-3-1-4-9-21)22-10-5-2-6-11-22/h1-6,8-11,13-16,24-25,34H,7,12,17-19H2,(H,31,35)(H,33,36)(H4,29,30,32)/t24-/m0/s1. The summed E-state index contributed by atoms with van der Waals surface area (Å²) in [6.07, 6.45) is 1.50. The van der Waals surface area contributed by atoms with Crippen LogP contribution in [0.3, 0.4) is 0 Å². The summed E-state index contributed by atoms with van der Waals surface area (Å²) < 4.78 is 0. The molecule has 2 amide bonds. The largest absolute Gasteiger partial charge is 0.508 e. The van der Waals surface area contributed by atoms with Crippen molar-refractivity contribution in [3.8, 4) is 5.75 Å². The second-order valence-corrected chi connectivity index (χ2v) is 8.47. The predicted octanol–water partition coefficient (Wildman–Crippen LogP) is 2.42. The molecular formula is C28H33N5O3. The van der Waals surface area contributed by atoms with Crippen molar-refractivity contribution in [1.82, 2.24) is 10.6 Å². The highest BCUT2D eigenvalue weighted by Gasteiger charge is 2.27. The first-order valence-electron chi connectivity index (χ1n) is 12.0. The molecule has 8 nitrogen and oxygen atoms in total. The third-order valence-electron chi connectivity index (χ3n) is 5.76. The molecule has 0 saturated carbocycles. The van der Waals surface area contributed by atoms with E-state index in [1.807, 2.05) is 60.7 Å². The van der Waals surface area contributed by atoms with Crippen molar-refractivity contribution in [2.45, 2.75) is 31.2 Å². The summed E-state index contributed by atoms with van der Waals surface area (Å²) in [4.78, 5) is 30.6. The molecule has 0 aliphatic heterocycles. The van der Waals surface area contributed by atoms with Crippen molar-refractivity contribution in [3.05, 3.63) is 102 Å². The monoisotopic (exact) mass is 487 g/mol. The number of aliphatic imine (C=N–C) groups is 1. The molecule has 8 heteroatoms. The normalized spacial score (nSPS) is 11.5. The van der Waals surface area contributed by atoms with Crippen molar-refractivity contribution in [1.29, 1.82) is 0 Å². The number of hydrogen-bond donors (Lipinski definition) is 5. The Hall–Kier alpha value is -4.33. The van der Waals surface area contributed by atoms with Crippen molar-refractivity contribution < 1.29 is 14.7 Å². The van der Waals surface area contributed by atoms with Crippen LogP contribution in [-0.4, -0.2) is 42.0 Å². The first-order chi connectivity index (χ1) is 17.4. The second kappa shape index (κ2) is 13.5. The van der Waals surface area contributed by atoms with Gasteiger partial charge in [0.05, 0.1) is 5.92 Å². The smallest absolute Gasteiger partial charge is 0.242 e. The fourth-order valence-electron chi connectivity index (χ4n) is 3.93. The number of phenols is 1. The summed E-state index contributed by atoms with van der Waals surface area (Å²) in [5.74, 6) is -0.906. The Balaban J connectivity index is 1.72. The minimum Gasteiger partial charge on any atom is -0.508 e. The minimum absolute atomic E-state index is 0.0119. The van der Waals surface area contributed by atoms with E-state index in [0.29, 0.717) is 32.4 Å². The number of phenolic OH excluding ortho intramolecular Hbond substituents is 1. The van der Waals surface area contributed by atoms with Gasteiger partial charge in [0.25, 0.3) is 0 Å². The molecule has 1 atom stereocenters. The van der Waals surface area contributed by atoms with Crippen LogP contribution in [0, 0.1) is 0 Å². The summed E-state index contributed by atoms with van der Waals surface area (Å²) in [5.41, 5.74) is 13.5. The van der Waals surface area contributed by atoms with E-state index in [1.54, 1.807) is 24.3 Å². The van der Waals surface area contributed by atoms with Crippen molar-refractivity contribution >= 4 is 17.8 Å². The number of carbonyl (C=O) groups excluding carboxylic acids is 2. The molecule has 3 aromatic rings. The quantitative estimate of drug-likeness (QED) is 0.151. The van der Waals surface area contributed by atoms with Crippen LogP contribution in [0.1, 0.15) is 35.4 Å². The Morgan fingerprint density at radius 3 is 1.97 bits per heavy atom. The van der Waals surface area contributed by atoms with Gasteiger partial charge in [-0.3, -0.25) is 14.6 Å². The van der Waals surface area contributed by atoms with E-state index in [4.69, 9.17) is 11.5 Å². The van der Waals surface area contributed by atoms with Gasteiger partial charge < -0.3 is 27.2 Å². The molecule has 36 heavy (non-hydrogen) atoms. The lowest BCUT2D eigenvalue weighted by Gasteiger charge is -2.23. The zero-order valence-corrected chi connectivity index (χ0v) is 20.1. The lowest BCUT2D eigenvalue weighted by Crippen LogP contribution is -2.48. The van der Waals surface area contributed by atoms with E-state index in [1.165, 1.54) is 0 Å². The number of nitrogens with two attached hydrogens (primary N) is 2. The summed E-state index contributed by atoms with van der Waals surface area (Å²) >= 11 is 0. The van der Waals surface area contributed by atoms with Gasteiger partial charge in [-0.05, 0) is 48.1 Å². The number of nitrogens with one attached hydrogen (secondary N) is 2. The maximum atomic E-state index is 13.5. The van der Waals surface area contributed by atoms with Crippen LogP contribution < -0.4 is 22.1 Å². The number of hydrogen-bond acceptors (Lipinski definition) is 4. The molecule has 0 aliphatic rings. The second-order valence-electron chi connectivity index (χ2n) is 8.47. The fourth-order valence-corrected chi connectivity index (χ4v) is 3.93. The highest BCUT2D eigenvalue weighted by atomic mass is 16.3. The number of aromatic hydroxyl groups is 1. The van der Waals surface area contributed by atoms with Crippen LogP contribution in [0.15, 0.2) is 89.9 Å². The maximum absolute atomic E-state index is 13.5. The van der Waals surface area contributed by atoms with Gasteiger partial charge in [-0.2, -0.15) is 0 Å². The van der Waals surface area contributed by atoms with E-state index in [-0.39, 0.29) is 23.5 Å². The topological polar surface area (TPSA) is 143 Å². The third-order valence-corrected chi connectivity index (χ3v) is 5.76. The molecule has 0 heterocycles. The van der Waals surface area contributed by atoms with Gasteiger partial charge in [-0.25, -0.2) is 0 Å². The average Bonchev–Trinajstić information content (AvgIpc) is 2.88. The number of benzene rings is 3. The van der Waals surface area contributed by atoms with Gasteiger partial charge in [-0.1, -0.05) is 72.8 Å². The molecule has 0 aliphatic carbocycles. The summed E-state index contributed by atoms with van der Waals surface area (Å²) in [5, 5.41) is 15.3. The fraction of sp³-hybridized carbons (Fsp3) is 0.250. The molecule has 7 N–H and O–H groups in total. The molecule has 188 valence electrons. The Kier molecular flexibility index (Phi) is 9.88. The zero-order valence-electron chi connectivity index (χ0n) is 20.1. The predicted molar refractivity (Wildman–Crippen MR) is 141 cm³/mol. The van der Waals surface area contributed by atoms with E-state index < -0.39 is 12.0 Å². The molecule has 0 fully saturated rings. The minimum atomic E-state index is -0.749. The van der Waals surface area contributed by atoms with Gasteiger partial charge in [0.1, 0.15) is 11.8 Å². The Morgan fingerprint density at radius 2 is 1.42 bits per heavy atom. The molecule has 0 unspecified atom stereocenters. The lowest BCUT2D eigenvalue weighted by molar-refractivity contribution is -0.129. The Morgan fingerprint density at radius 1 is 0.833 bits per heavy atom. The Bertz CT molecular complexity index is 1090. The van der Waals surface area contributed by atoms with E-state index in [0.717, 1.165) is 16.7 Å². The van der Waals surface area contributed by atoms with E-state index in [2.05, 4.69) is 15.6 Å². The van der Waals surface area contributed by atoms with Gasteiger partial charge in [-0.15, -0.1) is 0 Å². The van der Waals surface area contributed by atoms with Crippen LogP contribution in [0.25, 0.3) is 0 Å². The molecular weight excluding hydrogens is 454 g/mol. The molecule has 0 spiro atoms. The first-order valence-corrected chi connectivity index (χ1v) is 12.0. The zero-order chi connectivity index (χ0) is 25.8. The van der Waals surface area contributed by atoms with Gasteiger partial charge in [0, 0.05) is 13.1 Å². The van der Waals surface area contributed by atoms with Crippen LogP contribution in [0.5, 0.6) is 5.75 Å². The average molecular weight is 488 g/mol. The van der Waals surface area contributed by atoms with Gasteiger partial charge in [0.15, 0.2) is 5.96 Å². The third kappa shape index (κ3) is 8.16. The number of rotatable bonds is 12.